The summed E-state index contributed by atoms with van der Waals surface area (Å²) in [7, 11) is 0. The third-order valence-electron chi connectivity index (χ3n) is 4.86. The van der Waals surface area contributed by atoms with E-state index in [-0.39, 0.29) is 17.7 Å². The van der Waals surface area contributed by atoms with E-state index in [4.69, 9.17) is 11.6 Å². The molecular weight excluding hydrogens is 364 g/mol. The number of halogens is 1. The number of hydrogen-bond acceptors (Lipinski definition) is 3. The maximum atomic E-state index is 12.9. The average Bonchev–Trinajstić information content (AvgIpc) is 3.13. The Morgan fingerprint density at radius 2 is 1.93 bits per heavy atom. The molecule has 27 heavy (non-hydrogen) atoms. The molecule has 2 N–H and O–H groups in total. The number of benzene rings is 2. The third-order valence-corrected chi connectivity index (χ3v) is 5.12. The minimum Gasteiger partial charge on any atom is -0.336 e. The van der Waals surface area contributed by atoms with Gasteiger partial charge in [0.25, 0.3) is 5.91 Å². The molecule has 0 bridgehead atoms. The van der Waals surface area contributed by atoms with Crippen LogP contribution in [0.15, 0.2) is 48.5 Å². The molecule has 0 spiro atoms. The molecule has 1 unspecified atom stereocenters. The lowest BCUT2D eigenvalue weighted by Gasteiger charge is -2.31. The SMILES string of the molecule is O=C(Nc1ccc(Cl)cc1)C1CCCN(C(=O)c2n[nH]c3ccccc23)C1. The van der Waals surface area contributed by atoms with Crippen molar-refractivity contribution < 1.29 is 9.59 Å². The molecule has 1 aromatic heterocycles. The number of carbonyl (C=O) groups is 2. The van der Waals surface area contributed by atoms with Crippen LogP contribution in [0.25, 0.3) is 10.9 Å². The summed E-state index contributed by atoms with van der Waals surface area (Å²) in [4.78, 5) is 27.3. The van der Waals surface area contributed by atoms with E-state index in [9.17, 15) is 9.59 Å². The van der Waals surface area contributed by atoms with Crippen LogP contribution in [-0.2, 0) is 4.79 Å². The summed E-state index contributed by atoms with van der Waals surface area (Å²) >= 11 is 5.88. The molecule has 2 aromatic carbocycles. The summed E-state index contributed by atoms with van der Waals surface area (Å²) in [6.07, 6.45) is 1.54. The highest BCUT2D eigenvalue weighted by Crippen LogP contribution is 2.23. The normalized spacial score (nSPS) is 17.1. The highest BCUT2D eigenvalue weighted by molar-refractivity contribution is 6.30. The molecule has 0 saturated carbocycles. The maximum absolute atomic E-state index is 12.9. The lowest BCUT2D eigenvalue weighted by molar-refractivity contribution is -0.121. The zero-order chi connectivity index (χ0) is 18.8. The zero-order valence-electron chi connectivity index (χ0n) is 14.6. The Morgan fingerprint density at radius 3 is 2.74 bits per heavy atom. The largest absolute Gasteiger partial charge is 0.336 e. The molecule has 7 heteroatoms. The van der Waals surface area contributed by atoms with E-state index in [0.717, 1.165) is 23.7 Å². The number of aromatic nitrogens is 2. The predicted molar refractivity (Wildman–Crippen MR) is 105 cm³/mol. The molecule has 6 nitrogen and oxygen atoms in total. The molecule has 1 atom stereocenters. The Morgan fingerprint density at radius 1 is 1.15 bits per heavy atom. The van der Waals surface area contributed by atoms with Gasteiger partial charge >= 0.3 is 0 Å². The van der Waals surface area contributed by atoms with Crippen LogP contribution in [0, 0.1) is 5.92 Å². The summed E-state index contributed by atoms with van der Waals surface area (Å²) < 4.78 is 0. The van der Waals surface area contributed by atoms with Crippen molar-refractivity contribution in [3.05, 3.63) is 59.2 Å². The molecule has 2 amide bonds. The van der Waals surface area contributed by atoms with Crippen LogP contribution in [0.2, 0.25) is 5.02 Å². The fourth-order valence-corrected chi connectivity index (χ4v) is 3.56. The smallest absolute Gasteiger partial charge is 0.275 e. The number of likely N-dealkylation sites (tertiary alicyclic amines) is 1. The van der Waals surface area contributed by atoms with Crippen molar-refractivity contribution in [3.63, 3.8) is 0 Å². The summed E-state index contributed by atoms with van der Waals surface area (Å²) in [5.41, 5.74) is 1.94. The van der Waals surface area contributed by atoms with E-state index in [0.29, 0.717) is 29.5 Å². The Labute approximate surface area is 161 Å². The van der Waals surface area contributed by atoms with Gasteiger partial charge in [-0.2, -0.15) is 5.10 Å². The van der Waals surface area contributed by atoms with E-state index in [1.807, 2.05) is 24.3 Å². The number of piperidine rings is 1. The van der Waals surface area contributed by atoms with Crippen LogP contribution >= 0.6 is 11.6 Å². The van der Waals surface area contributed by atoms with Crippen molar-refractivity contribution in [3.8, 4) is 0 Å². The van der Waals surface area contributed by atoms with E-state index < -0.39 is 0 Å². The number of para-hydroxylation sites is 1. The second-order valence-electron chi connectivity index (χ2n) is 6.70. The zero-order valence-corrected chi connectivity index (χ0v) is 15.4. The van der Waals surface area contributed by atoms with Crippen LogP contribution in [0.3, 0.4) is 0 Å². The van der Waals surface area contributed by atoms with Crippen LogP contribution in [0.4, 0.5) is 5.69 Å². The number of hydrogen-bond donors (Lipinski definition) is 2. The first-order chi connectivity index (χ1) is 13.1. The number of H-pyrrole nitrogens is 1. The van der Waals surface area contributed by atoms with Crippen molar-refractivity contribution in [2.24, 2.45) is 5.92 Å². The van der Waals surface area contributed by atoms with Gasteiger partial charge in [0.1, 0.15) is 0 Å². The molecule has 1 aliphatic heterocycles. The van der Waals surface area contributed by atoms with E-state index in [1.54, 1.807) is 29.2 Å². The molecule has 1 saturated heterocycles. The molecular formula is C20H19ClN4O2. The summed E-state index contributed by atoms with van der Waals surface area (Å²) in [6, 6.07) is 14.5. The van der Waals surface area contributed by atoms with Crippen molar-refractivity contribution >= 4 is 40.0 Å². The molecule has 4 rings (SSSR count). The number of nitrogens with zero attached hydrogens (tertiary/aromatic N) is 2. The lowest BCUT2D eigenvalue weighted by Crippen LogP contribution is -2.44. The molecule has 138 valence electrons. The third kappa shape index (κ3) is 3.66. The van der Waals surface area contributed by atoms with Crippen molar-refractivity contribution in [2.75, 3.05) is 18.4 Å². The Balaban J connectivity index is 1.46. The molecule has 0 aliphatic carbocycles. The summed E-state index contributed by atoms with van der Waals surface area (Å²) in [6.45, 7) is 1.02. The second-order valence-corrected chi connectivity index (χ2v) is 7.14. The molecule has 0 radical (unpaired) electrons. The maximum Gasteiger partial charge on any atom is 0.275 e. The predicted octanol–water partition coefficient (Wildman–Crippen LogP) is 3.71. The molecule has 3 aromatic rings. The number of carbonyl (C=O) groups excluding carboxylic acids is 2. The van der Waals surface area contributed by atoms with Crippen LogP contribution < -0.4 is 5.32 Å². The van der Waals surface area contributed by atoms with Crippen molar-refractivity contribution in [1.29, 1.82) is 0 Å². The molecule has 2 heterocycles. The van der Waals surface area contributed by atoms with Gasteiger partial charge < -0.3 is 10.2 Å². The van der Waals surface area contributed by atoms with Gasteiger partial charge in [0, 0.05) is 29.2 Å². The highest BCUT2D eigenvalue weighted by atomic mass is 35.5. The molecule has 1 aliphatic rings. The number of fused-ring (bicyclic) bond motifs is 1. The van der Waals surface area contributed by atoms with E-state index in [2.05, 4.69) is 15.5 Å². The number of aromatic amines is 1. The number of rotatable bonds is 3. The Hall–Kier alpha value is -2.86. The highest BCUT2D eigenvalue weighted by Gasteiger charge is 2.30. The standard InChI is InChI=1S/C20H19ClN4O2/c21-14-7-9-15(10-8-14)22-19(26)13-4-3-11-25(12-13)20(27)18-16-5-1-2-6-17(16)23-24-18/h1-2,5-10,13H,3-4,11-12H2,(H,22,26)(H,23,24). The monoisotopic (exact) mass is 382 g/mol. The van der Waals surface area contributed by atoms with Gasteiger partial charge in [0.2, 0.25) is 5.91 Å². The first-order valence-corrected chi connectivity index (χ1v) is 9.28. The van der Waals surface area contributed by atoms with Crippen LogP contribution in [0.1, 0.15) is 23.3 Å². The van der Waals surface area contributed by atoms with Gasteiger partial charge in [-0.15, -0.1) is 0 Å². The van der Waals surface area contributed by atoms with Gasteiger partial charge in [0.05, 0.1) is 11.4 Å². The number of amides is 2. The van der Waals surface area contributed by atoms with Gasteiger partial charge in [-0.05, 0) is 43.2 Å². The quantitative estimate of drug-likeness (QED) is 0.724. The Bertz CT molecular complexity index is 983. The lowest BCUT2D eigenvalue weighted by atomic mass is 9.96. The topological polar surface area (TPSA) is 78.1 Å². The first kappa shape index (κ1) is 17.5. The van der Waals surface area contributed by atoms with Crippen LogP contribution in [0.5, 0.6) is 0 Å². The summed E-state index contributed by atoms with van der Waals surface area (Å²) in [5, 5.41) is 11.4. The van der Waals surface area contributed by atoms with Crippen LogP contribution in [-0.4, -0.2) is 40.0 Å². The minimum absolute atomic E-state index is 0.0818. The molecule has 1 fully saturated rings. The average molecular weight is 383 g/mol. The fourth-order valence-electron chi connectivity index (χ4n) is 3.43. The van der Waals surface area contributed by atoms with E-state index in [1.165, 1.54) is 0 Å². The van der Waals surface area contributed by atoms with Gasteiger partial charge in [0.15, 0.2) is 5.69 Å². The van der Waals surface area contributed by atoms with Gasteiger partial charge in [-0.1, -0.05) is 29.8 Å². The minimum atomic E-state index is -0.247. The number of nitrogens with one attached hydrogen (secondary N) is 2. The van der Waals surface area contributed by atoms with E-state index >= 15 is 0 Å². The summed E-state index contributed by atoms with van der Waals surface area (Å²) in [5.74, 6) is -0.471. The Kier molecular flexibility index (Phi) is 4.81. The fraction of sp³-hybridized carbons (Fsp3) is 0.250. The first-order valence-electron chi connectivity index (χ1n) is 8.90. The van der Waals surface area contributed by atoms with Crippen molar-refractivity contribution in [2.45, 2.75) is 12.8 Å². The van der Waals surface area contributed by atoms with Gasteiger partial charge in [-0.3, -0.25) is 14.7 Å². The van der Waals surface area contributed by atoms with Crippen molar-refractivity contribution in [1.82, 2.24) is 15.1 Å². The van der Waals surface area contributed by atoms with Gasteiger partial charge in [-0.25, -0.2) is 0 Å². The number of anilines is 1. The second kappa shape index (κ2) is 7.40.